The van der Waals surface area contributed by atoms with Crippen molar-refractivity contribution < 1.29 is 4.79 Å². The number of nitrogens with one attached hydrogen (secondary N) is 2. The number of nitrogens with two attached hydrogens (primary N) is 1. The number of carbonyl (C=O) groups excluding carboxylic acids is 1. The van der Waals surface area contributed by atoms with Crippen molar-refractivity contribution in [1.82, 2.24) is 5.32 Å². The molecule has 2 bridgehead atoms. The van der Waals surface area contributed by atoms with Crippen molar-refractivity contribution in [1.29, 1.82) is 0 Å². The van der Waals surface area contributed by atoms with Gasteiger partial charge in [-0.05, 0) is 73.6 Å². The van der Waals surface area contributed by atoms with E-state index < -0.39 is 0 Å². The molecule has 4 heteroatoms. The molecule has 4 rings (SSSR count). The van der Waals surface area contributed by atoms with Crippen LogP contribution < -0.4 is 16.6 Å². The van der Waals surface area contributed by atoms with Crippen LogP contribution in [0.15, 0.2) is 18.2 Å². The van der Waals surface area contributed by atoms with E-state index in [1.807, 2.05) is 25.1 Å². The molecule has 3 fully saturated rings. The second kappa shape index (κ2) is 4.22. The lowest BCUT2D eigenvalue weighted by atomic mass is 10.0. The van der Waals surface area contributed by atoms with Crippen LogP contribution in [0, 0.1) is 30.6 Å². The zero-order valence-corrected chi connectivity index (χ0v) is 11.7. The van der Waals surface area contributed by atoms with Crippen LogP contribution in [0.2, 0.25) is 0 Å². The summed E-state index contributed by atoms with van der Waals surface area (Å²) in [5.41, 5.74) is 5.17. The smallest absolute Gasteiger partial charge is 0.251 e. The number of carbonyl (C=O) groups is 1. The molecule has 0 aromatic heterocycles. The summed E-state index contributed by atoms with van der Waals surface area (Å²) in [6.07, 6.45) is 4.18. The van der Waals surface area contributed by atoms with E-state index in [1.54, 1.807) is 0 Å². The van der Waals surface area contributed by atoms with Gasteiger partial charge in [-0.1, -0.05) is 0 Å². The molecular weight excluding hydrogens is 250 g/mol. The highest BCUT2D eigenvalue weighted by Gasteiger charge is 2.65. The molecule has 20 heavy (non-hydrogen) atoms. The number of benzene rings is 1. The van der Waals surface area contributed by atoms with Crippen LogP contribution in [0.3, 0.4) is 0 Å². The molecule has 0 aliphatic heterocycles. The third-order valence-electron chi connectivity index (χ3n) is 5.67. The van der Waals surface area contributed by atoms with Crippen LogP contribution in [0.4, 0.5) is 5.69 Å². The van der Waals surface area contributed by atoms with Gasteiger partial charge in [0.25, 0.3) is 5.91 Å². The zero-order valence-electron chi connectivity index (χ0n) is 11.7. The van der Waals surface area contributed by atoms with E-state index in [0.717, 1.165) is 40.5 Å². The Labute approximate surface area is 119 Å². The lowest BCUT2D eigenvalue weighted by Gasteiger charge is -2.12. The van der Waals surface area contributed by atoms with Gasteiger partial charge in [-0.25, -0.2) is 0 Å². The minimum absolute atomic E-state index is 0.0740. The van der Waals surface area contributed by atoms with Gasteiger partial charge in [0.1, 0.15) is 0 Å². The van der Waals surface area contributed by atoms with Crippen LogP contribution in [0.1, 0.15) is 35.2 Å². The van der Waals surface area contributed by atoms with Crippen molar-refractivity contribution in [3.05, 3.63) is 29.3 Å². The SMILES string of the molecule is Cc1cc(NN)ccc1C(=O)NC1C2C3CCC(C3)C12. The predicted molar refractivity (Wildman–Crippen MR) is 78.1 cm³/mol. The molecule has 4 N–H and O–H groups in total. The Morgan fingerprint density at radius 1 is 1.25 bits per heavy atom. The highest BCUT2D eigenvalue weighted by atomic mass is 16.1. The van der Waals surface area contributed by atoms with Gasteiger partial charge in [-0.3, -0.25) is 10.6 Å². The molecule has 0 saturated heterocycles. The average molecular weight is 271 g/mol. The molecule has 3 saturated carbocycles. The van der Waals surface area contributed by atoms with Crippen molar-refractivity contribution in [3.63, 3.8) is 0 Å². The van der Waals surface area contributed by atoms with Gasteiger partial charge in [0.2, 0.25) is 0 Å². The number of nitrogen functional groups attached to an aromatic ring is 1. The number of anilines is 1. The van der Waals surface area contributed by atoms with E-state index in [0.29, 0.717) is 6.04 Å². The molecule has 0 heterocycles. The normalized spacial score (nSPS) is 36.6. The maximum absolute atomic E-state index is 12.4. The van der Waals surface area contributed by atoms with Gasteiger partial charge in [-0.2, -0.15) is 0 Å². The van der Waals surface area contributed by atoms with E-state index in [4.69, 9.17) is 5.84 Å². The molecular formula is C16H21N3O. The molecule has 3 aliphatic rings. The van der Waals surface area contributed by atoms with E-state index in [9.17, 15) is 4.79 Å². The molecule has 1 aromatic carbocycles. The monoisotopic (exact) mass is 271 g/mol. The fourth-order valence-electron chi connectivity index (χ4n) is 4.76. The number of rotatable bonds is 3. The lowest BCUT2D eigenvalue weighted by Crippen LogP contribution is -2.30. The first kappa shape index (κ1) is 12.2. The Morgan fingerprint density at radius 2 is 1.95 bits per heavy atom. The summed E-state index contributed by atoms with van der Waals surface area (Å²) >= 11 is 0. The van der Waals surface area contributed by atoms with E-state index in [2.05, 4.69) is 10.7 Å². The Balaban J connectivity index is 1.47. The van der Waals surface area contributed by atoms with Crippen molar-refractivity contribution in [3.8, 4) is 0 Å². The summed E-state index contributed by atoms with van der Waals surface area (Å²) in [5, 5.41) is 3.26. The number of hydrogen-bond acceptors (Lipinski definition) is 3. The number of amides is 1. The topological polar surface area (TPSA) is 67.1 Å². The molecule has 1 amide bonds. The van der Waals surface area contributed by atoms with Crippen LogP contribution in [-0.4, -0.2) is 11.9 Å². The number of hydrogen-bond donors (Lipinski definition) is 3. The lowest BCUT2D eigenvalue weighted by molar-refractivity contribution is 0.0943. The number of aryl methyl sites for hydroxylation is 1. The third kappa shape index (κ3) is 1.67. The first-order valence-corrected chi connectivity index (χ1v) is 7.57. The fraction of sp³-hybridized carbons (Fsp3) is 0.562. The van der Waals surface area contributed by atoms with Crippen LogP contribution in [0.25, 0.3) is 0 Å². The maximum Gasteiger partial charge on any atom is 0.251 e. The van der Waals surface area contributed by atoms with Crippen molar-refractivity contribution >= 4 is 11.6 Å². The van der Waals surface area contributed by atoms with E-state index >= 15 is 0 Å². The van der Waals surface area contributed by atoms with Crippen molar-refractivity contribution in [2.24, 2.45) is 29.5 Å². The van der Waals surface area contributed by atoms with Gasteiger partial charge >= 0.3 is 0 Å². The summed E-state index contributed by atoms with van der Waals surface area (Å²) in [6.45, 7) is 1.95. The highest BCUT2D eigenvalue weighted by molar-refractivity contribution is 5.96. The second-order valence-electron chi connectivity index (χ2n) is 6.66. The summed E-state index contributed by atoms with van der Waals surface area (Å²) in [5.74, 6) is 8.80. The van der Waals surface area contributed by atoms with Crippen LogP contribution in [-0.2, 0) is 0 Å². The van der Waals surface area contributed by atoms with Gasteiger partial charge in [0.05, 0.1) is 0 Å². The number of fused-ring (bicyclic) bond motifs is 5. The molecule has 1 aromatic rings. The Hall–Kier alpha value is -1.55. The first-order chi connectivity index (χ1) is 9.69. The molecule has 106 valence electrons. The Bertz CT molecular complexity index is 555. The van der Waals surface area contributed by atoms with Gasteiger partial charge in [0, 0.05) is 17.3 Å². The highest BCUT2D eigenvalue weighted by Crippen LogP contribution is 2.65. The van der Waals surface area contributed by atoms with E-state index in [1.165, 1.54) is 19.3 Å². The summed E-state index contributed by atoms with van der Waals surface area (Å²) in [6, 6.07) is 6.05. The standard InChI is InChI=1S/C16H21N3O/c1-8-6-11(19-17)4-5-12(8)16(20)18-15-13-9-2-3-10(7-9)14(13)15/h4-6,9-10,13-15,19H,2-3,7,17H2,1H3,(H,18,20). The fourth-order valence-corrected chi connectivity index (χ4v) is 4.76. The molecule has 0 spiro atoms. The zero-order chi connectivity index (χ0) is 13.9. The van der Waals surface area contributed by atoms with Crippen molar-refractivity contribution in [2.75, 3.05) is 5.43 Å². The minimum Gasteiger partial charge on any atom is -0.349 e. The molecule has 3 aliphatic carbocycles. The molecule has 4 nitrogen and oxygen atoms in total. The minimum atomic E-state index is 0.0740. The summed E-state index contributed by atoms with van der Waals surface area (Å²) in [7, 11) is 0. The first-order valence-electron chi connectivity index (χ1n) is 7.57. The molecule has 0 radical (unpaired) electrons. The summed E-state index contributed by atoms with van der Waals surface area (Å²) < 4.78 is 0. The van der Waals surface area contributed by atoms with Crippen molar-refractivity contribution in [2.45, 2.75) is 32.2 Å². The maximum atomic E-state index is 12.4. The average Bonchev–Trinajstić information content (AvgIpc) is 2.84. The number of hydrazine groups is 1. The largest absolute Gasteiger partial charge is 0.349 e. The second-order valence-corrected chi connectivity index (χ2v) is 6.66. The van der Waals surface area contributed by atoms with Crippen LogP contribution >= 0.6 is 0 Å². The Kier molecular flexibility index (Phi) is 2.58. The van der Waals surface area contributed by atoms with Gasteiger partial charge in [0.15, 0.2) is 0 Å². The predicted octanol–water partition coefficient (Wildman–Crippen LogP) is 2.05. The summed E-state index contributed by atoms with van der Waals surface area (Å²) in [4.78, 5) is 12.4. The van der Waals surface area contributed by atoms with E-state index in [-0.39, 0.29) is 5.91 Å². The Morgan fingerprint density at radius 3 is 2.55 bits per heavy atom. The molecule has 4 unspecified atom stereocenters. The third-order valence-corrected chi connectivity index (χ3v) is 5.67. The molecule has 4 atom stereocenters. The van der Waals surface area contributed by atoms with Gasteiger partial charge < -0.3 is 10.7 Å². The van der Waals surface area contributed by atoms with Gasteiger partial charge in [-0.15, -0.1) is 0 Å². The quantitative estimate of drug-likeness (QED) is 0.582. The van der Waals surface area contributed by atoms with Crippen LogP contribution in [0.5, 0.6) is 0 Å².